The number of ether oxygens (including phenoxy) is 1. The standard InChI is InChI=1S/C20H31N3O2/c1-16(20(10-4-5-11-20)23-12-14-25-15-13-23)22-19(24)9-8-17-6-2-3-7-18(17)21/h2-3,6-7,16H,4-5,8-15,21H2,1H3,(H,22,24). The second-order valence-corrected chi connectivity index (χ2v) is 7.40. The Kier molecular flexibility index (Phi) is 5.97. The van der Waals surface area contributed by atoms with Crippen molar-refractivity contribution in [2.24, 2.45) is 0 Å². The average Bonchev–Trinajstić information content (AvgIpc) is 3.13. The van der Waals surface area contributed by atoms with Gasteiger partial charge in [-0.05, 0) is 37.8 Å². The van der Waals surface area contributed by atoms with Crippen molar-refractivity contribution in [3.63, 3.8) is 0 Å². The zero-order valence-corrected chi connectivity index (χ0v) is 15.3. The Hall–Kier alpha value is -1.59. The topological polar surface area (TPSA) is 67.6 Å². The number of para-hydroxylation sites is 1. The molecule has 1 saturated carbocycles. The molecule has 1 aromatic rings. The number of benzene rings is 1. The van der Waals surface area contributed by atoms with Gasteiger partial charge in [-0.1, -0.05) is 31.0 Å². The number of nitrogen functional groups attached to an aromatic ring is 1. The molecular formula is C20H31N3O2. The number of nitrogens with two attached hydrogens (primary N) is 1. The van der Waals surface area contributed by atoms with Crippen LogP contribution < -0.4 is 11.1 Å². The number of aryl methyl sites for hydroxylation is 1. The van der Waals surface area contributed by atoms with Crippen molar-refractivity contribution in [3.05, 3.63) is 29.8 Å². The average molecular weight is 345 g/mol. The van der Waals surface area contributed by atoms with Gasteiger partial charge in [0, 0.05) is 36.8 Å². The summed E-state index contributed by atoms with van der Waals surface area (Å²) in [5, 5.41) is 3.29. The number of carbonyl (C=O) groups excluding carboxylic acids is 1. The fourth-order valence-corrected chi connectivity index (χ4v) is 4.48. The number of amides is 1. The predicted molar refractivity (Wildman–Crippen MR) is 100 cm³/mol. The summed E-state index contributed by atoms with van der Waals surface area (Å²) in [4.78, 5) is 15.1. The SMILES string of the molecule is CC(NC(=O)CCc1ccccc1N)C1(N2CCOCC2)CCCC1. The Balaban J connectivity index is 1.58. The number of nitrogens with zero attached hydrogens (tertiary/aromatic N) is 1. The molecule has 2 aliphatic rings. The summed E-state index contributed by atoms with van der Waals surface area (Å²) in [5.41, 5.74) is 7.90. The number of nitrogens with one attached hydrogen (secondary N) is 1. The van der Waals surface area contributed by atoms with E-state index in [9.17, 15) is 4.79 Å². The minimum Gasteiger partial charge on any atom is -0.399 e. The normalized spacial score (nSPS) is 21.8. The number of carbonyl (C=O) groups is 1. The van der Waals surface area contributed by atoms with Crippen LogP contribution in [0.3, 0.4) is 0 Å². The second kappa shape index (κ2) is 8.19. The van der Waals surface area contributed by atoms with Crippen LogP contribution in [0.5, 0.6) is 0 Å². The van der Waals surface area contributed by atoms with E-state index < -0.39 is 0 Å². The van der Waals surface area contributed by atoms with Crippen LogP contribution in [-0.4, -0.2) is 48.7 Å². The van der Waals surface area contributed by atoms with Gasteiger partial charge >= 0.3 is 0 Å². The van der Waals surface area contributed by atoms with Crippen LogP contribution >= 0.6 is 0 Å². The van der Waals surface area contributed by atoms with Crippen molar-refractivity contribution in [1.29, 1.82) is 0 Å². The molecule has 1 unspecified atom stereocenters. The molecule has 25 heavy (non-hydrogen) atoms. The quantitative estimate of drug-likeness (QED) is 0.777. The first-order chi connectivity index (χ1) is 12.1. The van der Waals surface area contributed by atoms with Crippen LogP contribution in [-0.2, 0) is 16.0 Å². The molecule has 0 aromatic heterocycles. The van der Waals surface area contributed by atoms with Gasteiger partial charge < -0.3 is 15.8 Å². The van der Waals surface area contributed by atoms with Crippen LogP contribution in [0.1, 0.15) is 44.6 Å². The van der Waals surface area contributed by atoms with Crippen LogP contribution in [0.25, 0.3) is 0 Å². The minimum atomic E-state index is 0.102. The molecule has 1 aromatic carbocycles. The fourth-order valence-electron chi connectivity index (χ4n) is 4.48. The number of anilines is 1. The molecule has 5 nitrogen and oxygen atoms in total. The van der Waals surface area contributed by atoms with Gasteiger partial charge in [0.05, 0.1) is 13.2 Å². The van der Waals surface area contributed by atoms with E-state index in [1.54, 1.807) is 0 Å². The molecule has 0 radical (unpaired) electrons. The highest BCUT2D eigenvalue weighted by atomic mass is 16.5. The summed E-state index contributed by atoms with van der Waals surface area (Å²) in [5.74, 6) is 0.121. The molecule has 0 spiro atoms. The highest BCUT2D eigenvalue weighted by Crippen LogP contribution is 2.38. The van der Waals surface area contributed by atoms with E-state index in [4.69, 9.17) is 10.5 Å². The summed E-state index contributed by atoms with van der Waals surface area (Å²) in [6.45, 7) is 5.72. The predicted octanol–water partition coefficient (Wildman–Crippen LogP) is 2.35. The number of hydrogen-bond acceptors (Lipinski definition) is 4. The molecule has 0 bridgehead atoms. The van der Waals surface area contributed by atoms with Gasteiger partial charge in [0.25, 0.3) is 0 Å². The summed E-state index contributed by atoms with van der Waals surface area (Å²) < 4.78 is 5.52. The molecule has 5 heteroatoms. The first-order valence-electron chi connectivity index (χ1n) is 9.57. The maximum atomic E-state index is 12.5. The van der Waals surface area contributed by atoms with Crippen LogP contribution in [0.2, 0.25) is 0 Å². The van der Waals surface area contributed by atoms with Crippen molar-refractivity contribution < 1.29 is 9.53 Å². The lowest BCUT2D eigenvalue weighted by Crippen LogP contribution is -2.62. The van der Waals surface area contributed by atoms with Crippen LogP contribution in [0, 0.1) is 0 Å². The molecule has 1 heterocycles. The smallest absolute Gasteiger partial charge is 0.220 e. The van der Waals surface area contributed by atoms with Gasteiger partial charge in [0.2, 0.25) is 5.91 Å². The number of morpholine rings is 1. The first kappa shape index (κ1) is 18.2. The molecule has 1 aliphatic carbocycles. The largest absolute Gasteiger partial charge is 0.399 e. The van der Waals surface area contributed by atoms with Gasteiger partial charge in [-0.15, -0.1) is 0 Å². The van der Waals surface area contributed by atoms with Crippen molar-refractivity contribution in [3.8, 4) is 0 Å². The van der Waals surface area contributed by atoms with Gasteiger partial charge in [0.1, 0.15) is 0 Å². The lowest BCUT2D eigenvalue weighted by atomic mass is 9.86. The molecule has 2 fully saturated rings. The molecule has 3 N–H and O–H groups in total. The van der Waals surface area contributed by atoms with Gasteiger partial charge in [-0.2, -0.15) is 0 Å². The van der Waals surface area contributed by atoms with Crippen molar-refractivity contribution in [1.82, 2.24) is 10.2 Å². The lowest BCUT2D eigenvalue weighted by molar-refractivity contribution is -0.123. The van der Waals surface area contributed by atoms with Gasteiger partial charge in [-0.3, -0.25) is 9.69 Å². The van der Waals surface area contributed by atoms with E-state index >= 15 is 0 Å². The van der Waals surface area contributed by atoms with E-state index in [-0.39, 0.29) is 17.5 Å². The maximum absolute atomic E-state index is 12.5. The van der Waals surface area contributed by atoms with Crippen LogP contribution in [0.15, 0.2) is 24.3 Å². The van der Waals surface area contributed by atoms with Crippen molar-refractivity contribution >= 4 is 11.6 Å². The molecule has 138 valence electrons. The van der Waals surface area contributed by atoms with Gasteiger partial charge in [0.15, 0.2) is 0 Å². The third kappa shape index (κ3) is 4.15. The Labute approximate surface area is 150 Å². The summed E-state index contributed by atoms with van der Waals surface area (Å²) in [6.07, 6.45) is 6.00. The molecule has 1 amide bonds. The Bertz CT molecular complexity index is 578. The summed E-state index contributed by atoms with van der Waals surface area (Å²) >= 11 is 0. The third-order valence-corrected chi connectivity index (χ3v) is 5.97. The minimum absolute atomic E-state index is 0.102. The first-order valence-corrected chi connectivity index (χ1v) is 9.57. The van der Waals surface area contributed by atoms with E-state index in [0.29, 0.717) is 12.8 Å². The molecule has 1 atom stereocenters. The second-order valence-electron chi connectivity index (χ2n) is 7.40. The maximum Gasteiger partial charge on any atom is 0.220 e. The molecule has 1 saturated heterocycles. The van der Waals surface area contributed by atoms with Crippen molar-refractivity contribution in [2.75, 3.05) is 32.0 Å². The van der Waals surface area contributed by atoms with Crippen LogP contribution in [0.4, 0.5) is 5.69 Å². The fraction of sp³-hybridized carbons (Fsp3) is 0.650. The monoisotopic (exact) mass is 345 g/mol. The molecular weight excluding hydrogens is 314 g/mol. The zero-order chi connectivity index (χ0) is 17.7. The Morgan fingerprint density at radius 2 is 1.96 bits per heavy atom. The lowest BCUT2D eigenvalue weighted by Gasteiger charge is -2.47. The van der Waals surface area contributed by atoms with E-state index in [0.717, 1.165) is 37.6 Å². The zero-order valence-electron chi connectivity index (χ0n) is 15.3. The molecule has 1 aliphatic heterocycles. The van der Waals surface area contributed by atoms with E-state index in [1.807, 2.05) is 24.3 Å². The highest BCUT2D eigenvalue weighted by Gasteiger charge is 2.44. The van der Waals surface area contributed by atoms with E-state index in [1.165, 1.54) is 25.7 Å². The Morgan fingerprint density at radius 1 is 1.28 bits per heavy atom. The number of hydrogen-bond donors (Lipinski definition) is 2. The summed E-state index contributed by atoms with van der Waals surface area (Å²) in [7, 11) is 0. The van der Waals surface area contributed by atoms with E-state index in [2.05, 4.69) is 17.1 Å². The van der Waals surface area contributed by atoms with Crippen molar-refractivity contribution in [2.45, 2.75) is 57.0 Å². The summed E-state index contributed by atoms with van der Waals surface area (Å²) in [6, 6.07) is 7.94. The number of rotatable bonds is 6. The van der Waals surface area contributed by atoms with Gasteiger partial charge in [-0.25, -0.2) is 0 Å². The highest BCUT2D eigenvalue weighted by molar-refractivity contribution is 5.77. The Morgan fingerprint density at radius 3 is 2.64 bits per heavy atom. The third-order valence-electron chi connectivity index (χ3n) is 5.97. The molecule has 3 rings (SSSR count).